The third-order valence-electron chi connectivity index (χ3n) is 4.93. The first-order valence-electron chi connectivity index (χ1n) is 8.74. The average Bonchev–Trinajstić information content (AvgIpc) is 2.71. The molecule has 0 saturated carbocycles. The van der Waals surface area contributed by atoms with Gasteiger partial charge in [-0.1, -0.05) is 36.4 Å². The van der Waals surface area contributed by atoms with Crippen molar-refractivity contribution in [3.8, 4) is 0 Å². The van der Waals surface area contributed by atoms with Crippen molar-refractivity contribution in [2.75, 3.05) is 5.32 Å². The highest BCUT2D eigenvalue weighted by Gasteiger charge is 2.18. The summed E-state index contributed by atoms with van der Waals surface area (Å²) in [6.07, 6.45) is 1.54. The number of nitrogens with one attached hydrogen (secondary N) is 1. The lowest BCUT2D eigenvalue weighted by molar-refractivity contribution is 0.102. The maximum atomic E-state index is 13.1. The van der Waals surface area contributed by atoms with Crippen LogP contribution in [0.5, 0.6) is 0 Å². The summed E-state index contributed by atoms with van der Waals surface area (Å²) in [5.41, 5.74) is 0.759. The molecule has 0 fully saturated rings. The van der Waals surface area contributed by atoms with Gasteiger partial charge in [0.25, 0.3) is 11.5 Å². The van der Waals surface area contributed by atoms with Crippen molar-refractivity contribution >= 4 is 33.4 Å². The molecular weight excluding hydrogens is 356 g/mol. The third kappa shape index (κ3) is 2.60. The number of anilines is 1. The van der Waals surface area contributed by atoms with Crippen molar-refractivity contribution in [2.24, 2.45) is 14.1 Å². The van der Waals surface area contributed by atoms with Gasteiger partial charge in [-0.05, 0) is 29.3 Å². The lowest BCUT2D eigenvalue weighted by Gasteiger charge is -2.14. The zero-order chi connectivity index (χ0) is 20.0. The first-order valence-corrected chi connectivity index (χ1v) is 8.74. The largest absolute Gasteiger partial charge is 0.332 e. The molecule has 1 amide bonds. The Kier molecular flexibility index (Phi) is 4.07. The number of benzene rings is 2. The predicted octanol–water partition coefficient (Wildman–Crippen LogP) is 2.35. The monoisotopic (exact) mass is 374 g/mol. The van der Waals surface area contributed by atoms with Gasteiger partial charge in [-0.25, -0.2) is 9.78 Å². The highest BCUT2D eigenvalue weighted by atomic mass is 16.2. The molecule has 2 heterocycles. The number of fused-ring (bicyclic) bond motifs is 2. The number of aryl methyl sites for hydroxylation is 2. The number of pyridine rings is 1. The summed E-state index contributed by atoms with van der Waals surface area (Å²) >= 11 is 0. The molecule has 0 aliphatic carbocycles. The van der Waals surface area contributed by atoms with Gasteiger partial charge in [0.2, 0.25) is 0 Å². The highest BCUT2D eigenvalue weighted by Crippen LogP contribution is 2.24. The fourth-order valence-corrected chi connectivity index (χ4v) is 3.39. The normalized spacial score (nSPS) is 11.1. The molecule has 0 bridgehead atoms. The van der Waals surface area contributed by atoms with Gasteiger partial charge in [0.1, 0.15) is 5.39 Å². The topological polar surface area (TPSA) is 86.0 Å². The van der Waals surface area contributed by atoms with E-state index < -0.39 is 11.2 Å². The molecule has 0 spiro atoms. The van der Waals surface area contributed by atoms with Crippen LogP contribution in [-0.2, 0) is 14.1 Å². The van der Waals surface area contributed by atoms with Crippen LogP contribution < -0.4 is 16.6 Å². The van der Waals surface area contributed by atoms with Gasteiger partial charge in [0, 0.05) is 25.9 Å². The molecule has 0 atom stereocenters. The van der Waals surface area contributed by atoms with Crippen molar-refractivity contribution < 1.29 is 4.79 Å². The minimum absolute atomic E-state index is 0.207. The van der Waals surface area contributed by atoms with Gasteiger partial charge in [0.15, 0.2) is 5.65 Å². The summed E-state index contributed by atoms with van der Waals surface area (Å²) in [5, 5.41) is 4.84. The molecule has 0 aliphatic heterocycles. The second-order valence-corrected chi connectivity index (χ2v) is 6.70. The maximum absolute atomic E-state index is 13.1. The third-order valence-corrected chi connectivity index (χ3v) is 4.93. The summed E-state index contributed by atoms with van der Waals surface area (Å²) in [4.78, 5) is 42.2. The van der Waals surface area contributed by atoms with Gasteiger partial charge in [-0.3, -0.25) is 18.7 Å². The number of carbonyl (C=O) groups excluding carboxylic acids is 1. The van der Waals surface area contributed by atoms with Crippen molar-refractivity contribution in [3.63, 3.8) is 0 Å². The molecule has 2 aromatic heterocycles. The van der Waals surface area contributed by atoms with Gasteiger partial charge >= 0.3 is 5.69 Å². The van der Waals surface area contributed by atoms with Crippen LogP contribution in [0.4, 0.5) is 5.69 Å². The van der Waals surface area contributed by atoms with Crippen LogP contribution in [0.25, 0.3) is 21.8 Å². The Hall–Kier alpha value is -3.74. The summed E-state index contributed by atoms with van der Waals surface area (Å²) in [6, 6.07) is 13.1. The van der Waals surface area contributed by atoms with E-state index in [9.17, 15) is 14.4 Å². The molecule has 28 heavy (non-hydrogen) atoms. The van der Waals surface area contributed by atoms with E-state index in [1.54, 1.807) is 26.2 Å². The van der Waals surface area contributed by atoms with Crippen molar-refractivity contribution in [1.82, 2.24) is 14.1 Å². The molecule has 7 heteroatoms. The molecule has 140 valence electrons. The lowest BCUT2D eigenvalue weighted by atomic mass is 10.0. The zero-order valence-corrected chi connectivity index (χ0v) is 15.7. The van der Waals surface area contributed by atoms with Gasteiger partial charge in [0.05, 0.1) is 5.69 Å². The number of carbonyl (C=O) groups is 1. The van der Waals surface area contributed by atoms with Crippen molar-refractivity contribution in [2.45, 2.75) is 6.92 Å². The molecule has 4 rings (SSSR count). The van der Waals surface area contributed by atoms with E-state index in [2.05, 4.69) is 10.3 Å². The van der Waals surface area contributed by atoms with Crippen molar-refractivity contribution in [1.29, 1.82) is 0 Å². The summed E-state index contributed by atoms with van der Waals surface area (Å²) in [7, 11) is 2.95. The predicted molar refractivity (Wildman–Crippen MR) is 109 cm³/mol. The Morgan fingerprint density at radius 1 is 1.00 bits per heavy atom. The van der Waals surface area contributed by atoms with Gasteiger partial charge in [-0.15, -0.1) is 0 Å². The van der Waals surface area contributed by atoms with Crippen LogP contribution in [0.1, 0.15) is 15.9 Å². The molecule has 0 radical (unpaired) electrons. The number of nitrogens with zero attached hydrogens (tertiary/aromatic N) is 3. The minimum Gasteiger partial charge on any atom is -0.321 e. The van der Waals surface area contributed by atoms with E-state index >= 15 is 0 Å². The van der Waals surface area contributed by atoms with Crippen LogP contribution in [-0.4, -0.2) is 20.0 Å². The van der Waals surface area contributed by atoms with Gasteiger partial charge in [-0.2, -0.15) is 0 Å². The number of aromatic nitrogens is 3. The number of amides is 1. The molecule has 2 aromatic carbocycles. The Labute approximate surface area is 159 Å². The van der Waals surface area contributed by atoms with Gasteiger partial charge < -0.3 is 5.32 Å². The zero-order valence-electron chi connectivity index (χ0n) is 15.7. The van der Waals surface area contributed by atoms with Crippen LogP contribution in [0.15, 0.2) is 58.3 Å². The molecular formula is C21H18N4O3. The van der Waals surface area contributed by atoms with Crippen LogP contribution in [0.3, 0.4) is 0 Å². The first kappa shape index (κ1) is 17.7. The Balaban J connectivity index is 1.93. The maximum Gasteiger partial charge on any atom is 0.332 e. The summed E-state index contributed by atoms with van der Waals surface area (Å²) in [6.45, 7) is 1.76. The lowest BCUT2D eigenvalue weighted by Crippen LogP contribution is -2.37. The van der Waals surface area contributed by atoms with E-state index in [4.69, 9.17) is 0 Å². The van der Waals surface area contributed by atoms with Crippen LogP contribution in [0.2, 0.25) is 0 Å². The molecule has 0 unspecified atom stereocenters. The first-order chi connectivity index (χ1) is 13.4. The molecule has 0 aliphatic rings. The van der Waals surface area contributed by atoms with E-state index in [1.807, 2.05) is 36.4 Å². The average molecular weight is 374 g/mol. The standard InChI is InChI=1S/C21H18N4O3/c1-12-11-22-18-16(20(27)25(3)21(28)24(18)2)17(12)23-19(26)15-10-6-8-13-7-4-5-9-14(13)15/h4-11H,1-3H3,(H,22,23,26). The Bertz CT molecular complexity index is 1380. The molecule has 0 saturated heterocycles. The minimum atomic E-state index is -0.498. The summed E-state index contributed by atoms with van der Waals surface area (Å²) in [5.74, 6) is -0.330. The van der Waals surface area contributed by atoms with Crippen LogP contribution >= 0.6 is 0 Å². The smallest absolute Gasteiger partial charge is 0.321 e. The number of hydrogen-bond acceptors (Lipinski definition) is 4. The molecule has 7 nitrogen and oxygen atoms in total. The molecule has 4 aromatic rings. The second kappa shape index (κ2) is 6.45. The van der Waals surface area contributed by atoms with Crippen molar-refractivity contribution in [3.05, 3.63) is 80.6 Å². The SMILES string of the molecule is Cc1cnc2c(c1NC(=O)c1cccc3ccccc13)c(=O)n(C)c(=O)n2C. The Morgan fingerprint density at radius 3 is 2.50 bits per heavy atom. The fourth-order valence-electron chi connectivity index (χ4n) is 3.39. The molecule has 1 N–H and O–H groups in total. The van der Waals surface area contributed by atoms with E-state index in [-0.39, 0.29) is 16.9 Å². The number of rotatable bonds is 2. The van der Waals surface area contributed by atoms with E-state index in [0.717, 1.165) is 15.3 Å². The van der Waals surface area contributed by atoms with E-state index in [0.29, 0.717) is 16.8 Å². The number of hydrogen-bond donors (Lipinski definition) is 1. The fraction of sp³-hybridized carbons (Fsp3) is 0.143. The summed E-state index contributed by atoms with van der Waals surface area (Å²) < 4.78 is 2.31. The van der Waals surface area contributed by atoms with E-state index in [1.165, 1.54) is 11.6 Å². The van der Waals surface area contributed by atoms with Crippen LogP contribution in [0, 0.1) is 6.92 Å². The second-order valence-electron chi connectivity index (χ2n) is 6.70. The quantitative estimate of drug-likeness (QED) is 0.584. The Morgan fingerprint density at radius 2 is 1.71 bits per heavy atom. The highest BCUT2D eigenvalue weighted by molar-refractivity contribution is 6.15.